The Kier molecular flexibility index (Phi) is 6.34. The van der Waals surface area contributed by atoms with E-state index in [1.54, 1.807) is 4.68 Å². The Morgan fingerprint density at radius 2 is 2.07 bits per heavy atom. The molecule has 2 aromatic carbocycles. The van der Waals surface area contributed by atoms with Crippen molar-refractivity contribution in [2.45, 2.75) is 12.0 Å². The van der Waals surface area contributed by atoms with E-state index in [9.17, 15) is 9.90 Å². The van der Waals surface area contributed by atoms with Crippen LogP contribution in [0.3, 0.4) is 0 Å². The molecule has 1 saturated heterocycles. The number of hydrogen-bond donors (Lipinski definition) is 3. The quantitative estimate of drug-likeness (QED) is 0.613. The number of rotatable bonds is 5. The summed E-state index contributed by atoms with van der Waals surface area (Å²) in [5.41, 5.74) is 1.88. The Bertz CT molecular complexity index is 958. The van der Waals surface area contributed by atoms with Crippen LogP contribution >= 0.6 is 12.4 Å². The van der Waals surface area contributed by atoms with E-state index in [1.807, 2.05) is 61.9 Å². The fourth-order valence-electron chi connectivity index (χ4n) is 3.80. The zero-order valence-electron chi connectivity index (χ0n) is 15.7. The predicted molar refractivity (Wildman–Crippen MR) is 111 cm³/mol. The molecule has 3 N–H and O–H groups in total. The number of halogens is 1. The number of aryl methyl sites for hydroxylation is 1. The van der Waals surface area contributed by atoms with E-state index in [0.29, 0.717) is 6.54 Å². The molecule has 1 aliphatic rings. The average molecular weight is 401 g/mol. The molecule has 6 nitrogen and oxygen atoms in total. The van der Waals surface area contributed by atoms with Crippen molar-refractivity contribution < 1.29 is 9.90 Å². The maximum atomic E-state index is 12.7. The zero-order chi connectivity index (χ0) is 18.8. The van der Waals surface area contributed by atoms with Gasteiger partial charge in [-0.3, -0.25) is 9.48 Å². The molecule has 0 saturated carbocycles. The molecular weight excluding hydrogens is 376 g/mol. The van der Waals surface area contributed by atoms with Crippen molar-refractivity contribution in [2.75, 3.05) is 19.6 Å². The van der Waals surface area contributed by atoms with Crippen LogP contribution in [0.15, 0.2) is 54.9 Å². The van der Waals surface area contributed by atoms with Gasteiger partial charge in [0.1, 0.15) is 0 Å². The highest BCUT2D eigenvalue weighted by Gasteiger charge is 2.34. The van der Waals surface area contributed by atoms with Crippen molar-refractivity contribution in [1.29, 1.82) is 0 Å². The monoisotopic (exact) mass is 400 g/mol. The molecule has 1 aliphatic heterocycles. The number of amides is 1. The molecule has 0 aliphatic carbocycles. The molecule has 0 spiro atoms. The van der Waals surface area contributed by atoms with Crippen LogP contribution in [0.2, 0.25) is 0 Å². The van der Waals surface area contributed by atoms with Gasteiger partial charge in [0.05, 0.1) is 18.2 Å². The molecule has 1 unspecified atom stereocenters. The molecule has 1 amide bonds. The van der Waals surface area contributed by atoms with Gasteiger partial charge in [0, 0.05) is 38.8 Å². The first-order valence-electron chi connectivity index (χ1n) is 9.25. The van der Waals surface area contributed by atoms with Gasteiger partial charge in [0.15, 0.2) is 0 Å². The summed E-state index contributed by atoms with van der Waals surface area (Å²) in [4.78, 5) is 12.7. The number of benzene rings is 2. The second-order valence-electron chi connectivity index (χ2n) is 7.19. The summed E-state index contributed by atoms with van der Waals surface area (Å²) in [7, 11) is 1.88. The molecule has 7 heteroatoms. The van der Waals surface area contributed by atoms with E-state index in [1.165, 1.54) is 0 Å². The molecule has 4 rings (SSSR count). The summed E-state index contributed by atoms with van der Waals surface area (Å²) in [5.74, 6) is -0.0804. The lowest BCUT2D eigenvalue weighted by Gasteiger charge is -2.19. The van der Waals surface area contributed by atoms with Gasteiger partial charge in [-0.1, -0.05) is 36.4 Å². The van der Waals surface area contributed by atoms with Gasteiger partial charge in [0.25, 0.3) is 0 Å². The number of aliphatic hydroxyl groups is 1. The van der Waals surface area contributed by atoms with Crippen LogP contribution in [0.5, 0.6) is 0 Å². The molecule has 2 heterocycles. The zero-order valence-corrected chi connectivity index (χ0v) is 16.5. The van der Waals surface area contributed by atoms with E-state index in [-0.39, 0.29) is 36.7 Å². The standard InChI is InChI=1S/C21H24N4O2.ClH/c1-25-13-17(9-24-25)18-10-22-11-19(18)21(27)23-12-20(26)16-7-6-14-4-2-3-5-15(14)8-16;/h2-9,13,18-20,22,26H,10-12H2,1H3,(H,23,27);1H/t18-,19+,20?;/m1./s1. The number of nitrogens with one attached hydrogen (secondary N) is 2. The highest BCUT2D eigenvalue weighted by molar-refractivity contribution is 5.85. The smallest absolute Gasteiger partial charge is 0.225 e. The number of carbonyl (C=O) groups is 1. The van der Waals surface area contributed by atoms with Crippen LogP contribution in [0, 0.1) is 5.92 Å². The van der Waals surface area contributed by atoms with Crippen LogP contribution in [-0.2, 0) is 11.8 Å². The van der Waals surface area contributed by atoms with Crippen LogP contribution in [0.4, 0.5) is 0 Å². The third-order valence-corrected chi connectivity index (χ3v) is 5.33. The minimum atomic E-state index is -0.732. The first-order valence-corrected chi connectivity index (χ1v) is 9.25. The Morgan fingerprint density at radius 1 is 1.29 bits per heavy atom. The van der Waals surface area contributed by atoms with Crippen molar-refractivity contribution in [1.82, 2.24) is 20.4 Å². The largest absolute Gasteiger partial charge is 0.387 e. The van der Waals surface area contributed by atoms with Gasteiger partial charge in [-0.05, 0) is 28.0 Å². The summed E-state index contributed by atoms with van der Waals surface area (Å²) in [6.07, 6.45) is 3.05. The summed E-state index contributed by atoms with van der Waals surface area (Å²) >= 11 is 0. The van der Waals surface area contributed by atoms with Crippen molar-refractivity contribution in [2.24, 2.45) is 13.0 Å². The second-order valence-corrected chi connectivity index (χ2v) is 7.19. The minimum Gasteiger partial charge on any atom is -0.387 e. The van der Waals surface area contributed by atoms with Gasteiger partial charge in [-0.25, -0.2) is 0 Å². The first-order chi connectivity index (χ1) is 13.1. The molecule has 1 fully saturated rings. The normalized spacial score (nSPS) is 19.9. The van der Waals surface area contributed by atoms with E-state index >= 15 is 0 Å². The fraction of sp³-hybridized carbons (Fsp3) is 0.333. The van der Waals surface area contributed by atoms with Gasteiger partial charge >= 0.3 is 0 Å². The molecule has 1 aromatic heterocycles. The molecule has 3 atom stereocenters. The lowest BCUT2D eigenvalue weighted by atomic mass is 9.90. The highest BCUT2D eigenvalue weighted by atomic mass is 35.5. The molecule has 0 bridgehead atoms. The second kappa shape index (κ2) is 8.73. The Hall–Kier alpha value is -2.41. The van der Waals surface area contributed by atoms with Crippen molar-refractivity contribution >= 4 is 29.1 Å². The number of hydrogen-bond acceptors (Lipinski definition) is 4. The Labute approximate surface area is 170 Å². The molecule has 0 radical (unpaired) electrons. The summed E-state index contributed by atoms with van der Waals surface area (Å²) in [5, 5.41) is 23.2. The van der Waals surface area contributed by atoms with E-state index in [2.05, 4.69) is 15.7 Å². The predicted octanol–water partition coefficient (Wildman–Crippen LogP) is 2.15. The SMILES string of the molecule is Cl.Cn1cc([C@H]2CNC[C@@H]2C(=O)NCC(O)c2ccc3ccccc3c2)cn1. The van der Waals surface area contributed by atoms with Gasteiger partial charge in [-0.2, -0.15) is 5.10 Å². The maximum absolute atomic E-state index is 12.7. The number of aromatic nitrogens is 2. The van der Waals surface area contributed by atoms with Gasteiger partial charge in [-0.15, -0.1) is 12.4 Å². The molecular formula is C21H25ClN4O2. The number of nitrogens with zero attached hydrogens (tertiary/aromatic N) is 2. The third-order valence-electron chi connectivity index (χ3n) is 5.33. The van der Waals surface area contributed by atoms with Crippen LogP contribution in [-0.4, -0.2) is 40.4 Å². The van der Waals surface area contributed by atoms with Crippen molar-refractivity contribution in [3.05, 3.63) is 66.0 Å². The van der Waals surface area contributed by atoms with Gasteiger partial charge < -0.3 is 15.7 Å². The Morgan fingerprint density at radius 3 is 2.82 bits per heavy atom. The molecule has 3 aromatic rings. The van der Waals surface area contributed by atoms with Crippen molar-refractivity contribution in [3.8, 4) is 0 Å². The van der Waals surface area contributed by atoms with Crippen LogP contribution in [0.25, 0.3) is 10.8 Å². The average Bonchev–Trinajstić information content (AvgIpc) is 3.34. The van der Waals surface area contributed by atoms with Crippen LogP contribution < -0.4 is 10.6 Å². The number of aliphatic hydroxyl groups excluding tert-OH is 1. The fourth-order valence-corrected chi connectivity index (χ4v) is 3.80. The summed E-state index contributed by atoms with van der Waals surface area (Å²) in [6.45, 7) is 1.60. The van der Waals surface area contributed by atoms with Gasteiger partial charge in [0.2, 0.25) is 5.91 Å². The van der Waals surface area contributed by atoms with Crippen LogP contribution in [0.1, 0.15) is 23.1 Å². The van der Waals surface area contributed by atoms with E-state index < -0.39 is 6.10 Å². The highest BCUT2D eigenvalue weighted by Crippen LogP contribution is 2.28. The third kappa shape index (κ3) is 4.19. The van der Waals surface area contributed by atoms with E-state index in [4.69, 9.17) is 0 Å². The summed E-state index contributed by atoms with van der Waals surface area (Å²) < 4.78 is 1.76. The number of carbonyl (C=O) groups excluding carboxylic acids is 1. The molecule has 148 valence electrons. The first kappa shape index (κ1) is 20.3. The van der Waals surface area contributed by atoms with Crippen molar-refractivity contribution in [3.63, 3.8) is 0 Å². The van der Waals surface area contributed by atoms with E-state index in [0.717, 1.165) is 28.4 Å². The lowest BCUT2D eigenvalue weighted by Crippen LogP contribution is -2.36. The Balaban J connectivity index is 0.00000225. The molecule has 28 heavy (non-hydrogen) atoms. The topological polar surface area (TPSA) is 79.2 Å². The lowest BCUT2D eigenvalue weighted by molar-refractivity contribution is -0.125. The maximum Gasteiger partial charge on any atom is 0.225 e. The number of fused-ring (bicyclic) bond motifs is 1. The minimum absolute atomic E-state index is 0. The summed E-state index contributed by atoms with van der Waals surface area (Å²) in [6, 6.07) is 13.9.